The number of hydrogen-bond acceptors (Lipinski definition) is 5. The van der Waals surface area contributed by atoms with Gasteiger partial charge in [-0.3, -0.25) is 0 Å². The zero-order chi connectivity index (χ0) is 14.6. The molecule has 0 heterocycles. The Morgan fingerprint density at radius 2 is 2.10 bits per heavy atom. The molecule has 0 spiro atoms. The van der Waals surface area contributed by atoms with Crippen molar-refractivity contribution in [2.75, 3.05) is 25.6 Å². The molecule has 0 saturated heterocycles. The van der Waals surface area contributed by atoms with Gasteiger partial charge in [0.1, 0.15) is 4.90 Å². The summed E-state index contributed by atoms with van der Waals surface area (Å²) in [5.41, 5.74) is 0.482. The third-order valence-corrected chi connectivity index (χ3v) is 4.54. The molecule has 1 aromatic carbocycles. The summed E-state index contributed by atoms with van der Waals surface area (Å²) in [5.74, 6) is 0. The van der Waals surface area contributed by atoms with Gasteiger partial charge in [-0.25, -0.2) is 13.1 Å². The molecule has 1 aliphatic rings. The maximum absolute atomic E-state index is 12.2. The van der Waals surface area contributed by atoms with E-state index in [9.17, 15) is 13.5 Å². The fraction of sp³-hybridized carbons (Fsp3) is 0.538. The molecule has 2 rings (SSSR count). The smallest absolute Gasteiger partial charge is 0.242 e. The number of rotatable bonds is 8. The van der Waals surface area contributed by atoms with E-state index in [1.165, 1.54) is 7.11 Å². The summed E-state index contributed by atoms with van der Waals surface area (Å²) in [4.78, 5) is 0.205. The highest BCUT2D eigenvalue weighted by Gasteiger charge is 2.29. The summed E-state index contributed by atoms with van der Waals surface area (Å²) in [6.07, 6.45) is 1.09. The lowest BCUT2D eigenvalue weighted by atomic mass is 10.3. The van der Waals surface area contributed by atoms with E-state index in [1.54, 1.807) is 24.3 Å². The molecule has 6 nitrogen and oxygen atoms in total. The van der Waals surface area contributed by atoms with Crippen LogP contribution in [-0.2, 0) is 14.8 Å². The average Bonchev–Trinajstić information content (AvgIpc) is 3.20. The van der Waals surface area contributed by atoms with Gasteiger partial charge >= 0.3 is 0 Å². The molecule has 0 aliphatic heterocycles. The topological polar surface area (TPSA) is 87.7 Å². The summed E-state index contributed by atoms with van der Waals surface area (Å²) in [5, 5.41) is 12.6. The van der Waals surface area contributed by atoms with Crippen LogP contribution in [0.15, 0.2) is 29.2 Å². The van der Waals surface area contributed by atoms with Crippen molar-refractivity contribution in [2.45, 2.75) is 29.9 Å². The molecule has 1 fully saturated rings. The van der Waals surface area contributed by atoms with Crippen LogP contribution >= 0.6 is 0 Å². The number of methoxy groups -OCH3 is 1. The first kappa shape index (κ1) is 15.2. The predicted octanol–water partition coefficient (Wildman–Crippen LogP) is 0.546. The number of para-hydroxylation sites is 1. The predicted molar refractivity (Wildman–Crippen MR) is 76.2 cm³/mol. The Morgan fingerprint density at radius 3 is 2.75 bits per heavy atom. The van der Waals surface area contributed by atoms with Crippen molar-refractivity contribution in [2.24, 2.45) is 0 Å². The lowest BCUT2D eigenvalue weighted by Gasteiger charge is -2.15. The normalized spacial score (nSPS) is 16.9. The van der Waals surface area contributed by atoms with Crippen LogP contribution < -0.4 is 10.0 Å². The van der Waals surface area contributed by atoms with Crippen molar-refractivity contribution in [3.05, 3.63) is 24.3 Å². The number of hydrogen-bond donors (Lipinski definition) is 3. The summed E-state index contributed by atoms with van der Waals surface area (Å²) in [6.45, 7) is 0.423. The van der Waals surface area contributed by atoms with E-state index in [4.69, 9.17) is 4.74 Å². The first-order valence-corrected chi connectivity index (χ1v) is 8.03. The largest absolute Gasteiger partial charge is 0.389 e. The van der Waals surface area contributed by atoms with E-state index in [2.05, 4.69) is 10.0 Å². The van der Waals surface area contributed by atoms with E-state index >= 15 is 0 Å². The van der Waals surface area contributed by atoms with Crippen LogP contribution in [0.2, 0.25) is 0 Å². The Kier molecular flexibility index (Phi) is 4.98. The molecule has 0 bridgehead atoms. The van der Waals surface area contributed by atoms with Crippen LogP contribution in [0.25, 0.3) is 0 Å². The second-order valence-corrected chi connectivity index (χ2v) is 6.56. The third-order valence-electron chi connectivity index (χ3n) is 2.96. The molecule has 1 unspecified atom stereocenters. The Balaban J connectivity index is 2.09. The van der Waals surface area contributed by atoms with Crippen molar-refractivity contribution in [3.8, 4) is 0 Å². The Bertz CT molecular complexity index is 543. The van der Waals surface area contributed by atoms with Gasteiger partial charge in [-0.1, -0.05) is 12.1 Å². The van der Waals surface area contributed by atoms with Gasteiger partial charge in [0, 0.05) is 19.7 Å². The first-order valence-electron chi connectivity index (χ1n) is 6.55. The summed E-state index contributed by atoms with van der Waals surface area (Å²) in [7, 11) is -2.01. The maximum atomic E-state index is 12.2. The molecule has 7 heteroatoms. The minimum atomic E-state index is -3.51. The number of nitrogens with one attached hydrogen (secondary N) is 2. The van der Waals surface area contributed by atoms with E-state index in [-0.39, 0.29) is 24.1 Å². The van der Waals surface area contributed by atoms with Crippen LogP contribution in [-0.4, -0.2) is 45.9 Å². The summed E-state index contributed by atoms with van der Waals surface area (Å²) in [6, 6.07) is 6.72. The van der Waals surface area contributed by atoms with E-state index in [1.807, 2.05) is 0 Å². The zero-order valence-electron chi connectivity index (χ0n) is 11.4. The maximum Gasteiger partial charge on any atom is 0.242 e. The number of anilines is 1. The van der Waals surface area contributed by atoms with Gasteiger partial charge < -0.3 is 15.2 Å². The van der Waals surface area contributed by atoms with Gasteiger partial charge in [0.2, 0.25) is 10.0 Å². The molecule has 1 saturated carbocycles. The zero-order valence-corrected chi connectivity index (χ0v) is 12.2. The van der Waals surface area contributed by atoms with Crippen molar-refractivity contribution < 1.29 is 18.3 Å². The van der Waals surface area contributed by atoms with E-state index in [0.717, 1.165) is 12.8 Å². The second kappa shape index (κ2) is 6.53. The fourth-order valence-electron chi connectivity index (χ4n) is 1.81. The van der Waals surface area contributed by atoms with Gasteiger partial charge in [-0.05, 0) is 25.0 Å². The monoisotopic (exact) mass is 300 g/mol. The summed E-state index contributed by atoms with van der Waals surface area (Å²) >= 11 is 0. The minimum Gasteiger partial charge on any atom is -0.389 e. The highest BCUT2D eigenvalue weighted by atomic mass is 32.2. The van der Waals surface area contributed by atoms with Crippen LogP contribution in [0.1, 0.15) is 12.8 Å². The molecule has 1 aliphatic carbocycles. The van der Waals surface area contributed by atoms with Crippen molar-refractivity contribution in [1.29, 1.82) is 0 Å². The van der Waals surface area contributed by atoms with Crippen LogP contribution in [0.3, 0.4) is 0 Å². The third kappa shape index (κ3) is 4.17. The van der Waals surface area contributed by atoms with Gasteiger partial charge in [0.05, 0.1) is 18.4 Å². The fourth-order valence-corrected chi connectivity index (χ4v) is 3.30. The first-order chi connectivity index (χ1) is 9.53. The molecule has 1 aromatic rings. The molecule has 0 aromatic heterocycles. The number of aliphatic hydroxyl groups is 1. The molecule has 1 atom stereocenters. The Morgan fingerprint density at radius 1 is 1.40 bits per heavy atom. The van der Waals surface area contributed by atoms with Gasteiger partial charge in [-0.15, -0.1) is 0 Å². The average molecular weight is 300 g/mol. The van der Waals surface area contributed by atoms with Crippen molar-refractivity contribution in [3.63, 3.8) is 0 Å². The number of aliphatic hydroxyl groups excluding tert-OH is 1. The summed E-state index contributed by atoms with van der Waals surface area (Å²) < 4.78 is 31.9. The van der Waals surface area contributed by atoms with Crippen molar-refractivity contribution in [1.82, 2.24) is 4.72 Å². The standard InChI is InChI=1S/C13H20N2O4S/c1-19-9-11(16)8-14-12-4-2-3-5-13(12)20(17,18)15-10-6-7-10/h2-5,10-11,14-16H,6-9H2,1H3. The van der Waals surface area contributed by atoms with Crippen LogP contribution in [0, 0.1) is 0 Å². The molecule has 20 heavy (non-hydrogen) atoms. The molecular weight excluding hydrogens is 280 g/mol. The molecule has 0 amide bonds. The quantitative estimate of drug-likeness (QED) is 0.652. The van der Waals surface area contributed by atoms with Gasteiger partial charge in [0.25, 0.3) is 0 Å². The highest BCUT2D eigenvalue weighted by molar-refractivity contribution is 7.89. The Labute approximate surface area is 119 Å². The number of ether oxygens (including phenoxy) is 1. The van der Waals surface area contributed by atoms with E-state index in [0.29, 0.717) is 5.69 Å². The van der Waals surface area contributed by atoms with Crippen LogP contribution in [0.5, 0.6) is 0 Å². The molecule has 0 radical (unpaired) electrons. The number of sulfonamides is 1. The molecule has 112 valence electrons. The van der Waals surface area contributed by atoms with Gasteiger partial charge in [0.15, 0.2) is 0 Å². The second-order valence-electron chi connectivity index (χ2n) is 4.88. The van der Waals surface area contributed by atoms with E-state index < -0.39 is 16.1 Å². The number of benzene rings is 1. The SMILES string of the molecule is COCC(O)CNc1ccccc1S(=O)(=O)NC1CC1. The van der Waals surface area contributed by atoms with Crippen LogP contribution in [0.4, 0.5) is 5.69 Å². The highest BCUT2D eigenvalue weighted by Crippen LogP contribution is 2.25. The molecular formula is C13H20N2O4S. The lowest BCUT2D eigenvalue weighted by molar-refractivity contribution is 0.0727. The van der Waals surface area contributed by atoms with Crippen molar-refractivity contribution >= 4 is 15.7 Å². The Hall–Kier alpha value is -1.15. The van der Waals surface area contributed by atoms with Gasteiger partial charge in [-0.2, -0.15) is 0 Å². The lowest BCUT2D eigenvalue weighted by Crippen LogP contribution is -2.28. The minimum absolute atomic E-state index is 0.0622. The molecule has 3 N–H and O–H groups in total.